The van der Waals surface area contributed by atoms with Gasteiger partial charge in [0.1, 0.15) is 12.4 Å². The average Bonchev–Trinajstić information content (AvgIpc) is 3.06. The van der Waals surface area contributed by atoms with E-state index in [9.17, 15) is 4.79 Å². The maximum Gasteiger partial charge on any atom is 0.248 e. The van der Waals surface area contributed by atoms with Crippen molar-refractivity contribution in [3.63, 3.8) is 0 Å². The molecule has 0 aliphatic rings. The molecule has 1 N–H and O–H groups in total. The van der Waals surface area contributed by atoms with Gasteiger partial charge in [-0.1, -0.05) is 29.8 Å². The summed E-state index contributed by atoms with van der Waals surface area (Å²) in [6, 6.07) is 13.6. The number of amides is 1. The van der Waals surface area contributed by atoms with E-state index < -0.39 is 0 Å². The van der Waals surface area contributed by atoms with Crippen molar-refractivity contribution < 1.29 is 9.53 Å². The zero-order valence-electron chi connectivity index (χ0n) is 15.7. The van der Waals surface area contributed by atoms with Crippen LogP contribution in [0.5, 0.6) is 5.75 Å². The lowest BCUT2D eigenvalue weighted by Gasteiger charge is -2.07. The standard InChI is InChI=1S/C22H22N2O2S/c1-15-7-9-21(16(2)11-15)24-22(25)10-8-18-5-4-6-20(12-18)26-13-19-14-27-17(3)23-19/h4-12,14H,13H2,1-3H3,(H,24,25)/b10-8+. The first-order chi connectivity index (χ1) is 13.0. The van der Waals surface area contributed by atoms with Crippen LogP contribution in [0.4, 0.5) is 5.69 Å². The highest BCUT2D eigenvalue weighted by atomic mass is 32.1. The van der Waals surface area contributed by atoms with Gasteiger partial charge >= 0.3 is 0 Å². The Morgan fingerprint density at radius 2 is 2.04 bits per heavy atom. The number of aryl methyl sites for hydroxylation is 3. The van der Waals surface area contributed by atoms with E-state index in [0.29, 0.717) is 6.61 Å². The molecule has 3 rings (SSSR count). The molecule has 0 fully saturated rings. The second-order valence-corrected chi connectivity index (χ2v) is 7.42. The summed E-state index contributed by atoms with van der Waals surface area (Å²) in [6.07, 6.45) is 3.31. The van der Waals surface area contributed by atoms with Gasteiger partial charge in [-0.3, -0.25) is 4.79 Å². The molecule has 0 saturated carbocycles. The topological polar surface area (TPSA) is 51.2 Å². The maximum absolute atomic E-state index is 12.2. The molecule has 0 radical (unpaired) electrons. The third kappa shape index (κ3) is 5.53. The molecule has 5 heteroatoms. The number of aromatic nitrogens is 1. The Bertz CT molecular complexity index is 976. The number of ether oxygens (including phenoxy) is 1. The average molecular weight is 378 g/mol. The zero-order valence-corrected chi connectivity index (χ0v) is 16.5. The van der Waals surface area contributed by atoms with E-state index in [-0.39, 0.29) is 5.91 Å². The molecule has 0 aliphatic carbocycles. The van der Waals surface area contributed by atoms with Crippen LogP contribution in [0.25, 0.3) is 6.08 Å². The Hall–Kier alpha value is -2.92. The van der Waals surface area contributed by atoms with E-state index in [1.165, 1.54) is 11.6 Å². The number of benzene rings is 2. The highest BCUT2D eigenvalue weighted by Gasteiger charge is 2.03. The molecular formula is C22H22N2O2S. The van der Waals surface area contributed by atoms with Gasteiger partial charge in [-0.2, -0.15) is 0 Å². The molecule has 1 amide bonds. The van der Waals surface area contributed by atoms with E-state index in [1.54, 1.807) is 17.4 Å². The minimum absolute atomic E-state index is 0.161. The van der Waals surface area contributed by atoms with Crippen LogP contribution < -0.4 is 10.1 Å². The quantitative estimate of drug-likeness (QED) is 0.592. The summed E-state index contributed by atoms with van der Waals surface area (Å²) in [5, 5.41) is 5.93. The van der Waals surface area contributed by atoms with Gasteiger partial charge < -0.3 is 10.1 Å². The number of carbonyl (C=O) groups is 1. The molecule has 0 aliphatic heterocycles. The Morgan fingerprint density at radius 1 is 1.19 bits per heavy atom. The number of hydrogen-bond acceptors (Lipinski definition) is 4. The molecule has 0 atom stereocenters. The van der Waals surface area contributed by atoms with Crippen molar-refractivity contribution in [1.82, 2.24) is 4.98 Å². The van der Waals surface area contributed by atoms with E-state index in [0.717, 1.165) is 33.3 Å². The minimum Gasteiger partial charge on any atom is -0.487 e. The summed E-state index contributed by atoms with van der Waals surface area (Å²) < 4.78 is 5.79. The molecule has 1 aromatic heterocycles. The SMILES string of the molecule is Cc1ccc(NC(=O)/C=C/c2cccc(OCc3csc(C)n3)c2)c(C)c1. The Balaban J connectivity index is 1.60. The predicted molar refractivity (Wildman–Crippen MR) is 111 cm³/mol. The highest BCUT2D eigenvalue weighted by Crippen LogP contribution is 2.18. The molecule has 0 bridgehead atoms. The smallest absolute Gasteiger partial charge is 0.248 e. The van der Waals surface area contributed by atoms with Crippen molar-refractivity contribution >= 4 is 29.0 Å². The monoisotopic (exact) mass is 378 g/mol. The summed E-state index contributed by atoms with van der Waals surface area (Å²) in [4.78, 5) is 16.6. The molecular weight excluding hydrogens is 356 g/mol. The normalized spacial score (nSPS) is 10.9. The Kier molecular flexibility index (Phi) is 6.04. The number of anilines is 1. The van der Waals surface area contributed by atoms with Crippen molar-refractivity contribution in [3.8, 4) is 5.75 Å². The van der Waals surface area contributed by atoms with Gasteiger partial charge in [0, 0.05) is 17.1 Å². The van der Waals surface area contributed by atoms with Gasteiger partial charge in [0.15, 0.2) is 0 Å². The number of hydrogen-bond donors (Lipinski definition) is 1. The van der Waals surface area contributed by atoms with Crippen LogP contribution in [0.2, 0.25) is 0 Å². The van der Waals surface area contributed by atoms with Gasteiger partial charge in [0.05, 0.1) is 10.7 Å². The summed E-state index contributed by atoms with van der Waals surface area (Å²) in [6.45, 7) is 6.42. The fourth-order valence-corrected chi connectivity index (χ4v) is 3.24. The molecule has 0 unspecified atom stereocenters. The molecule has 1 heterocycles. The summed E-state index contributed by atoms with van der Waals surface area (Å²) in [7, 11) is 0. The number of nitrogens with one attached hydrogen (secondary N) is 1. The van der Waals surface area contributed by atoms with E-state index in [1.807, 2.05) is 68.6 Å². The molecule has 2 aromatic carbocycles. The summed E-state index contributed by atoms with van der Waals surface area (Å²) in [5.41, 5.74) is 4.87. The van der Waals surface area contributed by atoms with Crippen molar-refractivity contribution in [2.45, 2.75) is 27.4 Å². The first kappa shape index (κ1) is 18.9. The van der Waals surface area contributed by atoms with Gasteiger partial charge in [-0.25, -0.2) is 4.98 Å². The van der Waals surface area contributed by atoms with Crippen LogP contribution >= 0.6 is 11.3 Å². The van der Waals surface area contributed by atoms with Crippen molar-refractivity contribution in [3.05, 3.63) is 81.3 Å². The highest BCUT2D eigenvalue weighted by molar-refractivity contribution is 7.09. The molecule has 3 aromatic rings. The largest absolute Gasteiger partial charge is 0.487 e. The van der Waals surface area contributed by atoms with Crippen LogP contribution in [0, 0.1) is 20.8 Å². The van der Waals surface area contributed by atoms with Crippen LogP contribution in [0.3, 0.4) is 0 Å². The fraction of sp³-hybridized carbons (Fsp3) is 0.182. The van der Waals surface area contributed by atoms with Gasteiger partial charge in [-0.05, 0) is 56.2 Å². The van der Waals surface area contributed by atoms with Gasteiger partial charge in [0.2, 0.25) is 5.91 Å². The Labute approximate surface area is 163 Å². The van der Waals surface area contributed by atoms with Crippen molar-refractivity contribution in [1.29, 1.82) is 0 Å². The second-order valence-electron chi connectivity index (χ2n) is 6.36. The van der Waals surface area contributed by atoms with Gasteiger partial charge in [-0.15, -0.1) is 11.3 Å². The van der Waals surface area contributed by atoms with E-state index in [4.69, 9.17) is 4.74 Å². The molecule has 138 valence electrons. The number of rotatable bonds is 6. The van der Waals surface area contributed by atoms with Crippen molar-refractivity contribution in [2.75, 3.05) is 5.32 Å². The van der Waals surface area contributed by atoms with Crippen LogP contribution in [-0.2, 0) is 11.4 Å². The number of thiazole rings is 1. The lowest BCUT2D eigenvalue weighted by molar-refractivity contribution is -0.111. The molecule has 0 saturated heterocycles. The predicted octanol–water partition coefficient (Wildman–Crippen LogP) is 5.30. The fourth-order valence-electron chi connectivity index (χ4n) is 2.64. The third-order valence-corrected chi connectivity index (χ3v) is 4.80. The van der Waals surface area contributed by atoms with Crippen LogP contribution in [0.1, 0.15) is 27.4 Å². The van der Waals surface area contributed by atoms with Crippen LogP contribution in [0.15, 0.2) is 53.9 Å². The van der Waals surface area contributed by atoms with Crippen LogP contribution in [-0.4, -0.2) is 10.9 Å². The van der Waals surface area contributed by atoms with E-state index >= 15 is 0 Å². The maximum atomic E-state index is 12.2. The van der Waals surface area contributed by atoms with E-state index in [2.05, 4.69) is 10.3 Å². The second kappa shape index (κ2) is 8.64. The van der Waals surface area contributed by atoms with Gasteiger partial charge in [0.25, 0.3) is 0 Å². The molecule has 27 heavy (non-hydrogen) atoms. The molecule has 4 nitrogen and oxygen atoms in total. The summed E-state index contributed by atoms with van der Waals surface area (Å²) >= 11 is 1.61. The lowest BCUT2D eigenvalue weighted by Crippen LogP contribution is -2.08. The number of carbonyl (C=O) groups excluding carboxylic acids is 1. The van der Waals surface area contributed by atoms with Crippen molar-refractivity contribution in [2.24, 2.45) is 0 Å². The first-order valence-electron chi connectivity index (χ1n) is 8.70. The lowest BCUT2D eigenvalue weighted by atomic mass is 10.1. The summed E-state index contributed by atoms with van der Waals surface area (Å²) in [5.74, 6) is 0.587. The molecule has 0 spiro atoms. The minimum atomic E-state index is -0.161. The number of nitrogens with zero attached hydrogens (tertiary/aromatic N) is 1. The third-order valence-electron chi connectivity index (χ3n) is 3.98. The zero-order chi connectivity index (χ0) is 19.2. The Morgan fingerprint density at radius 3 is 2.78 bits per heavy atom. The first-order valence-corrected chi connectivity index (χ1v) is 9.58.